The van der Waals surface area contributed by atoms with Crippen LogP contribution in [0.3, 0.4) is 0 Å². The zero-order valence-corrected chi connectivity index (χ0v) is 16.5. The van der Waals surface area contributed by atoms with E-state index in [9.17, 15) is 14.6 Å². The fraction of sp³-hybridized carbons (Fsp3) is 0.500. The van der Waals surface area contributed by atoms with E-state index < -0.39 is 6.10 Å². The highest BCUT2D eigenvalue weighted by Gasteiger charge is 2.32. The molecule has 1 fully saturated rings. The molecule has 0 radical (unpaired) electrons. The van der Waals surface area contributed by atoms with Crippen molar-refractivity contribution in [1.29, 1.82) is 0 Å². The average Bonchev–Trinajstić information content (AvgIpc) is 3.19. The number of ether oxygens (including phenoxy) is 1. The van der Waals surface area contributed by atoms with Gasteiger partial charge >= 0.3 is 0 Å². The van der Waals surface area contributed by atoms with Gasteiger partial charge in [0.1, 0.15) is 5.82 Å². The minimum absolute atomic E-state index is 0.0671. The Kier molecular flexibility index (Phi) is 5.81. The van der Waals surface area contributed by atoms with E-state index in [1.807, 2.05) is 12.1 Å². The molecular weight excluding hydrogens is 355 g/mol. The summed E-state index contributed by atoms with van der Waals surface area (Å²) in [6, 6.07) is 9.00. The number of halogens is 1. The molecule has 2 aromatic carbocycles. The van der Waals surface area contributed by atoms with Crippen molar-refractivity contribution in [2.75, 3.05) is 6.61 Å². The van der Waals surface area contributed by atoms with Gasteiger partial charge in [0.25, 0.3) is 0 Å². The zero-order chi connectivity index (χ0) is 19.7. The fourth-order valence-corrected chi connectivity index (χ4v) is 4.96. The first-order valence-electron chi connectivity index (χ1n) is 10.4. The molecule has 1 saturated heterocycles. The summed E-state index contributed by atoms with van der Waals surface area (Å²) in [4.78, 5) is 0. The van der Waals surface area contributed by atoms with Gasteiger partial charge in [-0.1, -0.05) is 25.1 Å². The van der Waals surface area contributed by atoms with Crippen LogP contribution in [0.25, 0.3) is 0 Å². The second-order valence-corrected chi connectivity index (χ2v) is 8.13. The van der Waals surface area contributed by atoms with Crippen molar-refractivity contribution in [3.05, 3.63) is 69.5 Å². The quantitative estimate of drug-likeness (QED) is 0.818. The summed E-state index contributed by atoms with van der Waals surface area (Å²) in [5.74, 6) is -0.212. The normalized spacial score (nSPS) is 24.4. The molecule has 0 bridgehead atoms. The lowest BCUT2D eigenvalue weighted by atomic mass is 9.85. The molecule has 3 unspecified atom stereocenters. The van der Waals surface area contributed by atoms with E-state index in [2.05, 4.69) is 13.0 Å². The Hall–Kier alpha value is -1.75. The molecule has 0 saturated carbocycles. The van der Waals surface area contributed by atoms with Gasteiger partial charge in [-0.15, -0.1) is 0 Å². The number of hydrogen-bond acceptors (Lipinski definition) is 3. The predicted molar refractivity (Wildman–Crippen MR) is 107 cm³/mol. The maximum absolute atomic E-state index is 13.3. The van der Waals surface area contributed by atoms with Gasteiger partial charge in [0.2, 0.25) is 0 Å². The molecule has 0 amide bonds. The largest absolute Gasteiger partial charge is 0.394 e. The van der Waals surface area contributed by atoms with Gasteiger partial charge in [-0.3, -0.25) is 0 Å². The van der Waals surface area contributed by atoms with Crippen LogP contribution in [0.2, 0.25) is 0 Å². The number of hydrogen-bond donors (Lipinski definition) is 2. The molecule has 4 heteroatoms. The smallest absolute Gasteiger partial charge is 0.123 e. The minimum Gasteiger partial charge on any atom is -0.394 e. The first kappa shape index (κ1) is 19.6. The van der Waals surface area contributed by atoms with Crippen molar-refractivity contribution in [2.45, 2.75) is 70.2 Å². The summed E-state index contributed by atoms with van der Waals surface area (Å²) in [6.07, 6.45) is 5.16. The van der Waals surface area contributed by atoms with Gasteiger partial charge in [0, 0.05) is 12.8 Å². The summed E-state index contributed by atoms with van der Waals surface area (Å²) >= 11 is 0. The molecule has 0 aromatic heterocycles. The third-order valence-corrected chi connectivity index (χ3v) is 6.24. The van der Waals surface area contributed by atoms with Crippen LogP contribution in [0, 0.1) is 5.82 Å². The Bertz CT molecular complexity index is 831. The second kappa shape index (κ2) is 8.32. The maximum atomic E-state index is 13.3. The lowest BCUT2D eigenvalue weighted by Gasteiger charge is -2.34. The molecule has 2 aliphatic rings. The Morgan fingerprint density at radius 3 is 2.57 bits per heavy atom. The molecule has 0 spiro atoms. The lowest BCUT2D eigenvalue weighted by Crippen LogP contribution is -2.34. The average molecular weight is 384 g/mol. The van der Waals surface area contributed by atoms with E-state index in [0.29, 0.717) is 12.8 Å². The topological polar surface area (TPSA) is 49.7 Å². The number of aliphatic hydroxyl groups is 2. The van der Waals surface area contributed by atoms with E-state index in [0.717, 1.165) is 43.2 Å². The van der Waals surface area contributed by atoms with Crippen LogP contribution in [0.15, 0.2) is 30.3 Å². The molecule has 1 aliphatic carbocycles. The van der Waals surface area contributed by atoms with Crippen LogP contribution in [-0.2, 0) is 30.4 Å². The number of fused-ring (bicyclic) bond motifs is 1. The molecule has 28 heavy (non-hydrogen) atoms. The zero-order valence-electron chi connectivity index (χ0n) is 16.5. The van der Waals surface area contributed by atoms with E-state index in [-0.39, 0.29) is 24.6 Å². The van der Waals surface area contributed by atoms with Crippen molar-refractivity contribution >= 4 is 0 Å². The highest BCUT2D eigenvalue weighted by Crippen LogP contribution is 2.40. The molecule has 2 N–H and O–H groups in total. The predicted octanol–water partition coefficient (Wildman–Crippen LogP) is 4.04. The summed E-state index contributed by atoms with van der Waals surface area (Å²) in [6.45, 7) is 2.11. The van der Waals surface area contributed by atoms with Gasteiger partial charge < -0.3 is 14.9 Å². The lowest BCUT2D eigenvalue weighted by molar-refractivity contribution is -0.114. The number of rotatable bonds is 5. The van der Waals surface area contributed by atoms with Gasteiger partial charge in [0.15, 0.2) is 0 Å². The molecule has 2 aromatic rings. The van der Waals surface area contributed by atoms with Crippen LogP contribution in [-0.4, -0.2) is 29.0 Å². The molecular formula is C24H29FO3. The van der Waals surface area contributed by atoms with E-state index in [1.54, 1.807) is 0 Å². The summed E-state index contributed by atoms with van der Waals surface area (Å²) < 4.78 is 19.5. The standard InChI is InChI=1S/C24H29FO3/c1-2-20-22-5-3-4-21(22)16(10-15-6-8-17(25)9-7-15)11-23(20)24-13-18(27)12-19(14-26)28-24/h6-9,11,18-19,24,26-27H,2-5,10,12-14H2,1H3. The van der Waals surface area contributed by atoms with Crippen LogP contribution in [0.1, 0.15) is 65.7 Å². The monoisotopic (exact) mass is 384 g/mol. The fourth-order valence-electron chi connectivity index (χ4n) is 4.96. The Morgan fingerprint density at radius 1 is 1.11 bits per heavy atom. The van der Waals surface area contributed by atoms with Gasteiger partial charge in [-0.05, 0) is 77.6 Å². The SMILES string of the molecule is CCc1c(C2CC(O)CC(CO)O2)cc(Cc2ccc(F)cc2)c2c1CCC2. The van der Waals surface area contributed by atoms with Crippen molar-refractivity contribution in [3.8, 4) is 0 Å². The first-order chi connectivity index (χ1) is 13.6. The van der Waals surface area contributed by atoms with E-state index in [1.165, 1.54) is 34.4 Å². The Balaban J connectivity index is 1.74. The van der Waals surface area contributed by atoms with Gasteiger partial charge in [0.05, 0.1) is 24.9 Å². The Morgan fingerprint density at radius 2 is 1.86 bits per heavy atom. The molecule has 150 valence electrons. The third kappa shape index (κ3) is 3.86. The van der Waals surface area contributed by atoms with E-state index >= 15 is 0 Å². The summed E-state index contributed by atoms with van der Waals surface area (Å²) in [5.41, 5.74) is 7.80. The van der Waals surface area contributed by atoms with Crippen LogP contribution >= 0.6 is 0 Å². The molecule has 1 aliphatic heterocycles. The van der Waals surface area contributed by atoms with Crippen molar-refractivity contribution in [1.82, 2.24) is 0 Å². The maximum Gasteiger partial charge on any atom is 0.123 e. The Labute approximate surface area is 166 Å². The van der Waals surface area contributed by atoms with Crippen LogP contribution in [0.4, 0.5) is 4.39 Å². The molecule has 1 heterocycles. The second-order valence-electron chi connectivity index (χ2n) is 8.13. The number of benzene rings is 2. The highest BCUT2D eigenvalue weighted by molar-refractivity contribution is 5.51. The molecule has 3 nitrogen and oxygen atoms in total. The first-order valence-corrected chi connectivity index (χ1v) is 10.4. The third-order valence-electron chi connectivity index (χ3n) is 6.24. The van der Waals surface area contributed by atoms with Crippen molar-refractivity contribution in [2.24, 2.45) is 0 Å². The van der Waals surface area contributed by atoms with Gasteiger partial charge in [-0.25, -0.2) is 4.39 Å². The van der Waals surface area contributed by atoms with Crippen molar-refractivity contribution in [3.63, 3.8) is 0 Å². The highest BCUT2D eigenvalue weighted by atomic mass is 19.1. The summed E-state index contributed by atoms with van der Waals surface area (Å²) in [5, 5.41) is 19.9. The van der Waals surface area contributed by atoms with Gasteiger partial charge in [-0.2, -0.15) is 0 Å². The molecule has 3 atom stereocenters. The number of aliphatic hydroxyl groups excluding tert-OH is 2. The van der Waals surface area contributed by atoms with Crippen molar-refractivity contribution < 1.29 is 19.3 Å². The van der Waals surface area contributed by atoms with Crippen LogP contribution in [0.5, 0.6) is 0 Å². The molecule has 4 rings (SSSR count). The summed E-state index contributed by atoms with van der Waals surface area (Å²) in [7, 11) is 0. The van der Waals surface area contributed by atoms with Crippen LogP contribution < -0.4 is 0 Å². The van der Waals surface area contributed by atoms with E-state index in [4.69, 9.17) is 4.74 Å². The minimum atomic E-state index is -0.450.